The maximum absolute atomic E-state index is 15.0. The molecule has 1 fully saturated rings. The summed E-state index contributed by atoms with van der Waals surface area (Å²) >= 11 is 0. The fourth-order valence-corrected chi connectivity index (χ4v) is 6.67. The van der Waals surface area contributed by atoms with Crippen molar-refractivity contribution in [2.24, 2.45) is 5.92 Å². The van der Waals surface area contributed by atoms with Gasteiger partial charge in [0, 0.05) is 52.1 Å². The van der Waals surface area contributed by atoms with Crippen LogP contribution in [0.5, 0.6) is 5.75 Å². The van der Waals surface area contributed by atoms with E-state index in [-0.39, 0.29) is 38.3 Å². The van der Waals surface area contributed by atoms with Crippen LogP contribution in [0.15, 0.2) is 72.8 Å². The first-order valence-electron chi connectivity index (χ1n) is 17.2. The number of fused-ring (bicyclic) bond motifs is 1. The van der Waals surface area contributed by atoms with Gasteiger partial charge in [-0.3, -0.25) is 9.59 Å². The van der Waals surface area contributed by atoms with E-state index in [1.165, 1.54) is 0 Å². The molecular formula is C39H49N3O8. The summed E-state index contributed by atoms with van der Waals surface area (Å²) in [5.74, 6) is -0.905. The maximum Gasteiger partial charge on any atom is 0.410 e. The molecule has 11 heteroatoms. The molecule has 268 valence electrons. The van der Waals surface area contributed by atoms with Crippen LogP contribution in [0.2, 0.25) is 0 Å². The summed E-state index contributed by atoms with van der Waals surface area (Å²) in [6, 6.07) is 23.7. The van der Waals surface area contributed by atoms with Gasteiger partial charge in [0.15, 0.2) is 6.61 Å². The van der Waals surface area contributed by atoms with E-state index in [4.69, 9.17) is 23.7 Å². The van der Waals surface area contributed by atoms with Crippen LogP contribution in [0.1, 0.15) is 45.6 Å². The zero-order valence-electron chi connectivity index (χ0n) is 29.9. The van der Waals surface area contributed by atoms with Gasteiger partial charge in [0.05, 0.1) is 24.3 Å². The van der Waals surface area contributed by atoms with Gasteiger partial charge in [0.25, 0.3) is 5.91 Å². The Hall–Kier alpha value is -4.45. The minimum absolute atomic E-state index is 0.0160. The Kier molecular flexibility index (Phi) is 12.2. The lowest BCUT2D eigenvalue weighted by molar-refractivity contribution is -0.135. The van der Waals surface area contributed by atoms with Crippen molar-refractivity contribution in [1.29, 1.82) is 0 Å². The number of piperidine rings is 1. The molecule has 2 aliphatic heterocycles. The van der Waals surface area contributed by atoms with Crippen molar-refractivity contribution in [3.63, 3.8) is 0 Å². The number of anilines is 2. The van der Waals surface area contributed by atoms with Gasteiger partial charge in [0.2, 0.25) is 5.91 Å². The Morgan fingerprint density at radius 2 is 1.70 bits per heavy atom. The standard InChI is InChI=1S/C39H49N3O8/c1-7-41(30-17-18-33-32(22-30)42(19-12-20-46-5)35(43)25-48-33)37(44)31-23-40(38(45)50-39(2,3)4)24-34(49-26-47-6)36(31)29-16-11-15-28(21-29)27-13-9-8-10-14-27/h8-11,13-18,21-22,31,34,36H,7,12,19-20,23-26H2,1-6H3/t31?,34-,36?/m1/s1. The number of amides is 3. The number of likely N-dealkylation sites (tertiary alicyclic amines) is 1. The number of nitrogens with zero attached hydrogens (tertiary/aromatic N) is 3. The molecule has 50 heavy (non-hydrogen) atoms. The average Bonchev–Trinajstić information content (AvgIpc) is 3.11. The fraction of sp³-hybridized carbons (Fsp3) is 0.462. The summed E-state index contributed by atoms with van der Waals surface area (Å²) in [4.78, 5) is 46.5. The monoisotopic (exact) mass is 687 g/mol. The molecule has 3 aromatic rings. The SMILES string of the molecule is CCN(C(=O)C1CN(C(=O)OC(C)(C)C)C[C@@H](OCOC)C1c1cccc(-c2ccccc2)c1)c1ccc2c(c1)N(CCCOC)C(=O)CO2. The Morgan fingerprint density at radius 3 is 2.40 bits per heavy atom. The molecule has 0 saturated carbocycles. The predicted molar refractivity (Wildman–Crippen MR) is 191 cm³/mol. The highest BCUT2D eigenvalue weighted by Gasteiger charge is 2.46. The first kappa shape index (κ1) is 36.8. The van der Waals surface area contributed by atoms with Crippen LogP contribution in [0, 0.1) is 5.92 Å². The minimum atomic E-state index is -0.729. The van der Waals surface area contributed by atoms with Crippen molar-refractivity contribution in [3.8, 4) is 16.9 Å². The molecular weight excluding hydrogens is 638 g/mol. The second-order valence-corrected chi connectivity index (χ2v) is 13.5. The summed E-state index contributed by atoms with van der Waals surface area (Å²) in [5.41, 5.74) is 3.47. The van der Waals surface area contributed by atoms with E-state index in [1.807, 2.05) is 88.4 Å². The van der Waals surface area contributed by atoms with Crippen LogP contribution < -0.4 is 14.5 Å². The van der Waals surface area contributed by atoms with E-state index in [2.05, 4.69) is 6.07 Å². The molecule has 0 spiro atoms. The van der Waals surface area contributed by atoms with Crippen LogP contribution in [0.3, 0.4) is 0 Å². The molecule has 3 atom stereocenters. The van der Waals surface area contributed by atoms with Crippen molar-refractivity contribution in [2.75, 3.05) is 70.2 Å². The number of hydrogen-bond donors (Lipinski definition) is 0. The molecule has 2 heterocycles. The van der Waals surface area contributed by atoms with Gasteiger partial charge in [0.1, 0.15) is 18.1 Å². The van der Waals surface area contributed by atoms with Crippen molar-refractivity contribution >= 4 is 29.3 Å². The smallest absolute Gasteiger partial charge is 0.410 e. The van der Waals surface area contributed by atoms with E-state index in [0.717, 1.165) is 16.7 Å². The first-order valence-corrected chi connectivity index (χ1v) is 17.2. The Balaban J connectivity index is 1.56. The van der Waals surface area contributed by atoms with Gasteiger partial charge < -0.3 is 38.4 Å². The number of benzene rings is 3. The summed E-state index contributed by atoms with van der Waals surface area (Å²) in [6.45, 7) is 8.93. The van der Waals surface area contributed by atoms with E-state index in [9.17, 15) is 14.4 Å². The molecule has 11 nitrogen and oxygen atoms in total. The lowest BCUT2D eigenvalue weighted by Gasteiger charge is -2.44. The molecule has 0 N–H and O–H groups in total. The number of methoxy groups -OCH3 is 2. The quantitative estimate of drug-likeness (QED) is 0.166. The number of hydrogen-bond acceptors (Lipinski definition) is 8. The highest BCUT2D eigenvalue weighted by Crippen LogP contribution is 2.41. The van der Waals surface area contributed by atoms with E-state index in [1.54, 1.807) is 35.0 Å². The number of ether oxygens (including phenoxy) is 5. The summed E-state index contributed by atoms with van der Waals surface area (Å²) in [7, 11) is 3.17. The van der Waals surface area contributed by atoms with Gasteiger partial charge in [-0.1, -0.05) is 54.6 Å². The van der Waals surface area contributed by atoms with Gasteiger partial charge in [-0.2, -0.15) is 0 Å². The van der Waals surface area contributed by atoms with Gasteiger partial charge >= 0.3 is 6.09 Å². The van der Waals surface area contributed by atoms with Crippen molar-refractivity contribution in [3.05, 3.63) is 78.4 Å². The van der Waals surface area contributed by atoms with Crippen molar-refractivity contribution < 1.29 is 38.1 Å². The molecule has 0 aromatic heterocycles. The lowest BCUT2D eigenvalue weighted by atomic mass is 9.77. The molecule has 3 amide bonds. The third-order valence-electron chi connectivity index (χ3n) is 8.91. The normalized spacial score (nSPS) is 19.1. The van der Waals surface area contributed by atoms with Crippen LogP contribution in [-0.2, 0) is 28.5 Å². The minimum Gasteiger partial charge on any atom is -0.482 e. The molecule has 3 aromatic carbocycles. The fourth-order valence-electron chi connectivity index (χ4n) is 6.67. The number of carbonyl (C=O) groups excluding carboxylic acids is 3. The van der Waals surface area contributed by atoms with Crippen molar-refractivity contribution in [1.82, 2.24) is 4.90 Å². The third-order valence-corrected chi connectivity index (χ3v) is 8.91. The maximum atomic E-state index is 15.0. The number of rotatable bonds is 12. The third kappa shape index (κ3) is 8.64. The summed E-state index contributed by atoms with van der Waals surface area (Å²) in [6.07, 6.45) is -0.449. The van der Waals surface area contributed by atoms with Crippen LogP contribution >= 0.6 is 0 Å². The average molecular weight is 688 g/mol. The topological polar surface area (TPSA) is 107 Å². The van der Waals surface area contributed by atoms with E-state index in [0.29, 0.717) is 43.2 Å². The van der Waals surface area contributed by atoms with Crippen LogP contribution in [-0.4, -0.2) is 94.9 Å². The predicted octanol–water partition coefficient (Wildman–Crippen LogP) is 6.11. The molecule has 5 rings (SSSR count). The Bertz CT molecular complexity index is 1630. The zero-order chi connectivity index (χ0) is 35.8. The van der Waals surface area contributed by atoms with Gasteiger partial charge in [-0.15, -0.1) is 0 Å². The van der Waals surface area contributed by atoms with Crippen molar-refractivity contribution in [2.45, 2.75) is 51.7 Å². The second kappa shape index (κ2) is 16.5. The van der Waals surface area contributed by atoms with Crippen LogP contribution in [0.4, 0.5) is 16.2 Å². The first-order chi connectivity index (χ1) is 24.0. The molecule has 2 aliphatic rings. The van der Waals surface area contributed by atoms with Gasteiger partial charge in [-0.25, -0.2) is 4.79 Å². The molecule has 0 radical (unpaired) electrons. The number of carbonyl (C=O) groups is 3. The Morgan fingerprint density at radius 1 is 0.940 bits per heavy atom. The van der Waals surface area contributed by atoms with Crippen LogP contribution in [0.25, 0.3) is 11.1 Å². The van der Waals surface area contributed by atoms with E-state index < -0.39 is 29.6 Å². The summed E-state index contributed by atoms with van der Waals surface area (Å²) < 4.78 is 28.4. The highest BCUT2D eigenvalue weighted by atomic mass is 16.7. The highest BCUT2D eigenvalue weighted by molar-refractivity contribution is 6.01. The molecule has 1 saturated heterocycles. The summed E-state index contributed by atoms with van der Waals surface area (Å²) in [5, 5.41) is 0. The van der Waals surface area contributed by atoms with Gasteiger partial charge in [-0.05, 0) is 69.0 Å². The van der Waals surface area contributed by atoms with E-state index >= 15 is 0 Å². The second-order valence-electron chi connectivity index (χ2n) is 13.5. The molecule has 2 unspecified atom stereocenters. The Labute approximate surface area is 295 Å². The molecule has 0 bridgehead atoms. The zero-order valence-corrected chi connectivity index (χ0v) is 29.9. The molecule has 0 aliphatic carbocycles. The lowest BCUT2D eigenvalue weighted by Crippen LogP contribution is -2.56. The largest absolute Gasteiger partial charge is 0.482 e.